The molecule has 3 rings (SSSR count). The van der Waals surface area contributed by atoms with E-state index >= 15 is 0 Å². The Kier molecular flexibility index (Phi) is 2.95. The van der Waals surface area contributed by atoms with E-state index in [1.807, 2.05) is 25.1 Å². The zero-order valence-corrected chi connectivity index (χ0v) is 11.2. The van der Waals surface area contributed by atoms with E-state index in [0.717, 1.165) is 29.7 Å². The molecule has 0 atom stereocenters. The number of fused-ring (bicyclic) bond motifs is 2. The summed E-state index contributed by atoms with van der Waals surface area (Å²) in [5.74, 6) is 0.132. The lowest BCUT2D eigenvalue weighted by Crippen LogP contribution is -2.57. The van der Waals surface area contributed by atoms with Crippen molar-refractivity contribution in [1.82, 2.24) is 5.32 Å². The van der Waals surface area contributed by atoms with Crippen molar-refractivity contribution < 1.29 is 14.2 Å². The molecule has 0 aromatic heterocycles. The van der Waals surface area contributed by atoms with E-state index in [4.69, 9.17) is 19.6 Å². The van der Waals surface area contributed by atoms with E-state index in [1.54, 1.807) is 0 Å². The molecule has 2 aliphatic heterocycles. The van der Waals surface area contributed by atoms with Crippen LogP contribution in [0.15, 0.2) is 18.2 Å². The molecule has 2 N–H and O–H groups in total. The van der Waals surface area contributed by atoms with Crippen molar-refractivity contribution in [1.29, 1.82) is 5.41 Å². The van der Waals surface area contributed by atoms with E-state index in [1.165, 1.54) is 0 Å². The number of amidine groups is 1. The number of nitrogens with one attached hydrogen (secondary N) is 2. The molecule has 1 aromatic rings. The highest BCUT2D eigenvalue weighted by atomic mass is 16.9. The Morgan fingerprint density at radius 2 is 2.21 bits per heavy atom. The van der Waals surface area contributed by atoms with Gasteiger partial charge in [0.2, 0.25) is 0 Å². The molecule has 2 heterocycles. The molecule has 1 spiro atoms. The van der Waals surface area contributed by atoms with Crippen LogP contribution in [0.4, 0.5) is 0 Å². The van der Waals surface area contributed by atoms with E-state index in [9.17, 15) is 0 Å². The molecule has 19 heavy (non-hydrogen) atoms. The standard InChI is InChI=1S/C14H18N2O3/c1-3-4-7-17-10-5-6-11-12(8-10)14(16-13(11)15)18-9(2)19-14/h5-6,8-9H,3-4,7H2,1-2H3,(H2,15,16). The molecule has 0 amide bonds. The van der Waals surface area contributed by atoms with E-state index < -0.39 is 5.91 Å². The van der Waals surface area contributed by atoms with Crippen LogP contribution in [0.25, 0.3) is 0 Å². The van der Waals surface area contributed by atoms with Gasteiger partial charge in [-0.1, -0.05) is 13.3 Å². The fourth-order valence-corrected chi connectivity index (χ4v) is 2.40. The summed E-state index contributed by atoms with van der Waals surface area (Å²) in [5, 5.41) is 10.9. The van der Waals surface area contributed by atoms with Crippen LogP contribution in [0.1, 0.15) is 37.8 Å². The Labute approximate surface area is 112 Å². The first-order chi connectivity index (χ1) is 9.14. The Morgan fingerprint density at radius 3 is 2.89 bits per heavy atom. The topological polar surface area (TPSA) is 63.6 Å². The summed E-state index contributed by atoms with van der Waals surface area (Å²) in [5.41, 5.74) is 1.62. The van der Waals surface area contributed by atoms with Gasteiger partial charge in [0.05, 0.1) is 6.61 Å². The van der Waals surface area contributed by atoms with E-state index in [-0.39, 0.29) is 6.29 Å². The molecular weight excluding hydrogens is 244 g/mol. The Morgan fingerprint density at radius 1 is 1.42 bits per heavy atom. The summed E-state index contributed by atoms with van der Waals surface area (Å²) in [6, 6.07) is 5.65. The van der Waals surface area contributed by atoms with Crippen molar-refractivity contribution >= 4 is 5.84 Å². The predicted molar refractivity (Wildman–Crippen MR) is 70.1 cm³/mol. The van der Waals surface area contributed by atoms with Crippen molar-refractivity contribution in [3.8, 4) is 5.75 Å². The van der Waals surface area contributed by atoms with Crippen LogP contribution < -0.4 is 10.1 Å². The third-order valence-corrected chi connectivity index (χ3v) is 3.33. The molecule has 5 nitrogen and oxygen atoms in total. The van der Waals surface area contributed by atoms with Crippen LogP contribution in [0.2, 0.25) is 0 Å². The summed E-state index contributed by atoms with van der Waals surface area (Å²) in [6.45, 7) is 4.66. The molecule has 1 saturated heterocycles. The summed E-state index contributed by atoms with van der Waals surface area (Å²) in [4.78, 5) is 0. The van der Waals surface area contributed by atoms with Crippen molar-refractivity contribution in [3.63, 3.8) is 0 Å². The summed E-state index contributed by atoms with van der Waals surface area (Å²) in [7, 11) is 0. The molecule has 0 saturated carbocycles. The molecule has 0 bridgehead atoms. The Hall–Kier alpha value is -1.59. The van der Waals surface area contributed by atoms with Crippen molar-refractivity contribution in [2.24, 2.45) is 0 Å². The molecule has 102 valence electrons. The van der Waals surface area contributed by atoms with Gasteiger partial charge in [0.1, 0.15) is 11.6 Å². The molecule has 1 aromatic carbocycles. The SMILES string of the molecule is CCCCOc1ccc2c(c1)C1(NC2=N)OC(C)O1. The minimum Gasteiger partial charge on any atom is -0.494 e. The van der Waals surface area contributed by atoms with Gasteiger partial charge < -0.3 is 10.1 Å². The molecule has 0 aliphatic carbocycles. The van der Waals surface area contributed by atoms with Crippen LogP contribution in [0.3, 0.4) is 0 Å². The monoisotopic (exact) mass is 262 g/mol. The summed E-state index contributed by atoms with van der Waals surface area (Å²) < 4.78 is 17.0. The first-order valence-electron chi connectivity index (χ1n) is 6.64. The van der Waals surface area contributed by atoms with Gasteiger partial charge in [-0.05, 0) is 31.5 Å². The highest BCUT2D eigenvalue weighted by Gasteiger charge is 2.53. The second-order valence-corrected chi connectivity index (χ2v) is 4.83. The molecule has 1 fully saturated rings. The minimum absolute atomic E-state index is 0.254. The highest BCUT2D eigenvalue weighted by Crippen LogP contribution is 2.43. The third-order valence-electron chi connectivity index (χ3n) is 3.33. The average Bonchev–Trinajstić information content (AvgIpc) is 2.63. The average molecular weight is 262 g/mol. The molecule has 0 radical (unpaired) electrons. The maximum Gasteiger partial charge on any atom is 0.284 e. The summed E-state index contributed by atoms with van der Waals surface area (Å²) in [6.07, 6.45) is 1.88. The predicted octanol–water partition coefficient (Wildman–Crippen LogP) is 2.30. The number of hydrogen-bond acceptors (Lipinski definition) is 4. The maximum atomic E-state index is 7.92. The zero-order valence-electron chi connectivity index (χ0n) is 11.2. The second kappa shape index (κ2) is 4.51. The van der Waals surface area contributed by atoms with Crippen LogP contribution >= 0.6 is 0 Å². The van der Waals surface area contributed by atoms with Gasteiger partial charge in [-0.25, -0.2) is 0 Å². The second-order valence-electron chi connectivity index (χ2n) is 4.83. The van der Waals surface area contributed by atoms with Gasteiger partial charge in [0.25, 0.3) is 5.91 Å². The van der Waals surface area contributed by atoms with Crippen LogP contribution in [0, 0.1) is 5.41 Å². The smallest absolute Gasteiger partial charge is 0.284 e. The van der Waals surface area contributed by atoms with Crippen molar-refractivity contribution in [2.75, 3.05) is 6.61 Å². The third kappa shape index (κ3) is 1.99. The lowest BCUT2D eigenvalue weighted by atomic mass is 10.1. The Balaban J connectivity index is 1.84. The van der Waals surface area contributed by atoms with Gasteiger partial charge in [0, 0.05) is 11.1 Å². The molecule has 2 aliphatic rings. The quantitative estimate of drug-likeness (QED) is 0.817. The highest BCUT2D eigenvalue weighted by molar-refractivity contribution is 6.01. The molecular formula is C14H18N2O3. The normalized spacial score (nSPS) is 27.9. The largest absolute Gasteiger partial charge is 0.494 e. The van der Waals surface area contributed by atoms with Gasteiger partial charge >= 0.3 is 0 Å². The zero-order chi connectivity index (χ0) is 13.5. The van der Waals surface area contributed by atoms with Crippen molar-refractivity contribution in [2.45, 2.75) is 38.9 Å². The first-order valence-corrected chi connectivity index (χ1v) is 6.64. The Bertz CT molecular complexity index is 509. The number of hydrogen-bond donors (Lipinski definition) is 2. The van der Waals surface area contributed by atoms with E-state index in [2.05, 4.69) is 12.2 Å². The lowest BCUT2D eigenvalue weighted by molar-refractivity contribution is -0.461. The lowest BCUT2D eigenvalue weighted by Gasteiger charge is -2.43. The maximum absolute atomic E-state index is 7.92. The van der Waals surface area contributed by atoms with Crippen molar-refractivity contribution in [3.05, 3.63) is 29.3 Å². The van der Waals surface area contributed by atoms with Gasteiger partial charge in [-0.3, -0.25) is 14.9 Å². The van der Waals surface area contributed by atoms with Gasteiger partial charge in [-0.2, -0.15) is 0 Å². The molecule has 0 unspecified atom stereocenters. The molecule has 5 heteroatoms. The van der Waals surface area contributed by atoms with Gasteiger partial charge in [0.15, 0.2) is 6.29 Å². The van der Waals surface area contributed by atoms with E-state index in [0.29, 0.717) is 12.4 Å². The van der Waals surface area contributed by atoms with Crippen LogP contribution in [-0.4, -0.2) is 18.7 Å². The fraction of sp³-hybridized carbons (Fsp3) is 0.500. The number of ether oxygens (including phenoxy) is 3. The van der Waals surface area contributed by atoms with Crippen LogP contribution in [0.5, 0.6) is 5.75 Å². The number of unbranched alkanes of at least 4 members (excludes halogenated alkanes) is 1. The first kappa shape index (κ1) is 12.4. The van der Waals surface area contributed by atoms with Gasteiger partial charge in [-0.15, -0.1) is 0 Å². The summed E-state index contributed by atoms with van der Waals surface area (Å²) >= 11 is 0. The number of benzene rings is 1. The number of rotatable bonds is 4. The minimum atomic E-state index is -0.976. The van der Waals surface area contributed by atoms with Crippen LogP contribution in [-0.2, 0) is 15.4 Å². The fourth-order valence-electron chi connectivity index (χ4n) is 2.40.